The van der Waals surface area contributed by atoms with Crippen molar-refractivity contribution < 1.29 is 14.3 Å². The van der Waals surface area contributed by atoms with Crippen LogP contribution in [0.15, 0.2) is 24.3 Å². The highest BCUT2D eigenvalue weighted by atomic mass is 16.5. The normalized spacial score (nSPS) is 15.8. The number of morpholine rings is 1. The van der Waals surface area contributed by atoms with Crippen LogP contribution in [0.3, 0.4) is 0 Å². The van der Waals surface area contributed by atoms with Crippen LogP contribution in [-0.4, -0.2) is 56.0 Å². The average Bonchev–Trinajstić information content (AvgIpc) is 2.48. The number of rotatable bonds is 5. The summed E-state index contributed by atoms with van der Waals surface area (Å²) in [7, 11) is 0. The van der Waals surface area contributed by atoms with E-state index in [1.54, 1.807) is 24.3 Å². The molecule has 1 N–H and O–H groups in total. The van der Waals surface area contributed by atoms with Gasteiger partial charge in [-0.3, -0.25) is 14.5 Å². The average molecular weight is 276 g/mol. The first kappa shape index (κ1) is 14.7. The molecule has 1 heterocycles. The Balaban J connectivity index is 1.77. The molecule has 2 rings (SSSR count). The molecule has 5 nitrogen and oxygen atoms in total. The number of hydrogen-bond donors (Lipinski definition) is 1. The Morgan fingerprint density at radius 3 is 2.35 bits per heavy atom. The summed E-state index contributed by atoms with van der Waals surface area (Å²) in [4.78, 5) is 25.4. The number of ketones is 1. The van der Waals surface area contributed by atoms with Gasteiger partial charge in [0.15, 0.2) is 5.78 Å². The smallest absolute Gasteiger partial charge is 0.251 e. The summed E-state index contributed by atoms with van der Waals surface area (Å²) in [6.07, 6.45) is 0. The number of benzene rings is 1. The predicted molar refractivity (Wildman–Crippen MR) is 76.0 cm³/mol. The summed E-state index contributed by atoms with van der Waals surface area (Å²) < 4.78 is 5.27. The maximum absolute atomic E-state index is 11.9. The third-order valence-corrected chi connectivity index (χ3v) is 3.37. The van der Waals surface area contributed by atoms with Crippen LogP contribution in [-0.2, 0) is 4.74 Å². The van der Waals surface area contributed by atoms with Gasteiger partial charge in [-0.15, -0.1) is 0 Å². The molecule has 1 amide bonds. The van der Waals surface area contributed by atoms with Gasteiger partial charge in [-0.25, -0.2) is 0 Å². The molecular formula is C15H20N2O3. The molecule has 0 saturated carbocycles. The SMILES string of the molecule is CC(=O)c1ccc(C(=O)NCCN2CCOCC2)cc1. The molecule has 0 radical (unpaired) electrons. The molecule has 1 aromatic carbocycles. The van der Waals surface area contributed by atoms with Crippen molar-refractivity contribution in [2.45, 2.75) is 6.92 Å². The molecule has 20 heavy (non-hydrogen) atoms. The molecule has 0 aromatic heterocycles. The second-order valence-electron chi connectivity index (χ2n) is 4.84. The van der Waals surface area contributed by atoms with Crippen molar-refractivity contribution in [3.63, 3.8) is 0 Å². The van der Waals surface area contributed by atoms with E-state index in [1.807, 2.05) is 0 Å². The molecule has 1 aliphatic heterocycles. The third-order valence-electron chi connectivity index (χ3n) is 3.37. The minimum Gasteiger partial charge on any atom is -0.379 e. The van der Waals surface area contributed by atoms with Gasteiger partial charge >= 0.3 is 0 Å². The third kappa shape index (κ3) is 4.15. The van der Waals surface area contributed by atoms with Gasteiger partial charge in [0, 0.05) is 37.3 Å². The number of amides is 1. The van der Waals surface area contributed by atoms with E-state index in [2.05, 4.69) is 10.2 Å². The molecule has 5 heteroatoms. The number of carbonyl (C=O) groups is 2. The Labute approximate surface area is 118 Å². The summed E-state index contributed by atoms with van der Waals surface area (Å²) in [5, 5.41) is 2.89. The zero-order valence-electron chi connectivity index (χ0n) is 11.7. The van der Waals surface area contributed by atoms with Crippen molar-refractivity contribution in [2.75, 3.05) is 39.4 Å². The van der Waals surface area contributed by atoms with Crippen molar-refractivity contribution >= 4 is 11.7 Å². The van der Waals surface area contributed by atoms with Crippen LogP contribution in [0.1, 0.15) is 27.6 Å². The number of ether oxygens (including phenoxy) is 1. The fourth-order valence-corrected chi connectivity index (χ4v) is 2.11. The quantitative estimate of drug-likeness (QED) is 0.814. The Morgan fingerprint density at radius 1 is 1.15 bits per heavy atom. The van der Waals surface area contributed by atoms with Crippen LogP contribution in [0, 0.1) is 0 Å². The van der Waals surface area contributed by atoms with Crippen LogP contribution in [0.4, 0.5) is 0 Å². The lowest BCUT2D eigenvalue weighted by Crippen LogP contribution is -2.41. The lowest BCUT2D eigenvalue weighted by molar-refractivity contribution is 0.0383. The topological polar surface area (TPSA) is 58.6 Å². The Hall–Kier alpha value is -1.72. The van der Waals surface area contributed by atoms with E-state index in [9.17, 15) is 9.59 Å². The summed E-state index contributed by atoms with van der Waals surface area (Å²) in [5.74, 6) is -0.0994. The molecule has 0 spiro atoms. The maximum atomic E-state index is 11.9. The molecule has 1 saturated heterocycles. The molecule has 1 fully saturated rings. The van der Waals surface area contributed by atoms with Gasteiger partial charge in [0.05, 0.1) is 13.2 Å². The number of nitrogens with zero attached hydrogens (tertiary/aromatic N) is 1. The van der Waals surface area contributed by atoms with E-state index in [0.717, 1.165) is 32.8 Å². The summed E-state index contributed by atoms with van der Waals surface area (Å²) in [5.41, 5.74) is 1.20. The van der Waals surface area contributed by atoms with Crippen molar-refractivity contribution in [2.24, 2.45) is 0 Å². The Kier molecular flexibility index (Phi) is 5.26. The van der Waals surface area contributed by atoms with Crippen LogP contribution in [0.2, 0.25) is 0 Å². The van der Waals surface area contributed by atoms with E-state index in [0.29, 0.717) is 17.7 Å². The Morgan fingerprint density at radius 2 is 1.75 bits per heavy atom. The first-order chi connectivity index (χ1) is 9.66. The highest BCUT2D eigenvalue weighted by Crippen LogP contribution is 2.05. The predicted octanol–water partition coefficient (Wildman–Crippen LogP) is 0.951. The maximum Gasteiger partial charge on any atom is 0.251 e. The monoisotopic (exact) mass is 276 g/mol. The highest BCUT2D eigenvalue weighted by molar-refractivity contribution is 5.97. The molecule has 0 aliphatic carbocycles. The van der Waals surface area contributed by atoms with Crippen LogP contribution in [0.5, 0.6) is 0 Å². The lowest BCUT2D eigenvalue weighted by Gasteiger charge is -2.26. The molecule has 0 atom stereocenters. The van der Waals surface area contributed by atoms with E-state index in [-0.39, 0.29) is 11.7 Å². The van der Waals surface area contributed by atoms with E-state index in [1.165, 1.54) is 6.92 Å². The van der Waals surface area contributed by atoms with Gasteiger partial charge in [0.25, 0.3) is 5.91 Å². The van der Waals surface area contributed by atoms with Crippen molar-refractivity contribution in [1.29, 1.82) is 0 Å². The van der Waals surface area contributed by atoms with Gasteiger partial charge < -0.3 is 10.1 Å². The number of Topliss-reactive ketones (excluding diaryl/α,β-unsaturated/α-hetero) is 1. The first-order valence-electron chi connectivity index (χ1n) is 6.86. The Bertz CT molecular complexity index is 465. The molecule has 108 valence electrons. The summed E-state index contributed by atoms with van der Waals surface area (Å²) >= 11 is 0. The number of hydrogen-bond acceptors (Lipinski definition) is 4. The first-order valence-corrected chi connectivity index (χ1v) is 6.86. The summed E-state index contributed by atoms with van der Waals surface area (Å²) in [6.45, 7) is 6.33. The number of carbonyl (C=O) groups excluding carboxylic acids is 2. The molecule has 0 unspecified atom stereocenters. The second kappa shape index (κ2) is 7.17. The van der Waals surface area contributed by atoms with Crippen LogP contribution in [0.25, 0.3) is 0 Å². The zero-order valence-corrected chi connectivity index (χ0v) is 11.7. The molecule has 1 aromatic rings. The minimum absolute atomic E-state index is 0.00396. The standard InChI is InChI=1S/C15H20N2O3/c1-12(18)13-2-4-14(5-3-13)15(19)16-6-7-17-8-10-20-11-9-17/h2-5H,6-11H2,1H3,(H,16,19). The van der Waals surface area contributed by atoms with E-state index < -0.39 is 0 Å². The summed E-state index contributed by atoms with van der Waals surface area (Å²) in [6, 6.07) is 6.72. The van der Waals surface area contributed by atoms with E-state index in [4.69, 9.17) is 4.74 Å². The highest BCUT2D eigenvalue weighted by Gasteiger charge is 2.11. The fourth-order valence-electron chi connectivity index (χ4n) is 2.11. The van der Waals surface area contributed by atoms with E-state index >= 15 is 0 Å². The largest absolute Gasteiger partial charge is 0.379 e. The fraction of sp³-hybridized carbons (Fsp3) is 0.467. The second-order valence-corrected chi connectivity index (χ2v) is 4.84. The van der Waals surface area contributed by atoms with Crippen LogP contribution < -0.4 is 5.32 Å². The lowest BCUT2D eigenvalue weighted by atomic mass is 10.1. The molecular weight excluding hydrogens is 256 g/mol. The minimum atomic E-state index is -0.103. The molecule has 1 aliphatic rings. The van der Waals surface area contributed by atoms with Gasteiger partial charge in [-0.05, 0) is 19.1 Å². The van der Waals surface area contributed by atoms with Gasteiger partial charge in [0.2, 0.25) is 0 Å². The van der Waals surface area contributed by atoms with Crippen molar-refractivity contribution in [3.05, 3.63) is 35.4 Å². The zero-order chi connectivity index (χ0) is 14.4. The van der Waals surface area contributed by atoms with Crippen molar-refractivity contribution in [3.8, 4) is 0 Å². The number of nitrogens with one attached hydrogen (secondary N) is 1. The molecule has 0 bridgehead atoms. The van der Waals surface area contributed by atoms with Gasteiger partial charge in [0.1, 0.15) is 0 Å². The van der Waals surface area contributed by atoms with Crippen molar-refractivity contribution in [1.82, 2.24) is 10.2 Å². The van der Waals surface area contributed by atoms with Gasteiger partial charge in [-0.1, -0.05) is 12.1 Å². The van der Waals surface area contributed by atoms with Crippen LogP contribution >= 0.6 is 0 Å². The van der Waals surface area contributed by atoms with Gasteiger partial charge in [-0.2, -0.15) is 0 Å².